The molecule has 3 N–H and O–H groups in total. The van der Waals surface area contributed by atoms with Gasteiger partial charge in [0.05, 0.1) is 16.5 Å². The topological polar surface area (TPSA) is 120 Å². The van der Waals surface area contributed by atoms with Crippen LogP contribution in [0.1, 0.15) is 23.6 Å². The number of rotatable bonds is 6. The van der Waals surface area contributed by atoms with Gasteiger partial charge in [0.25, 0.3) is 10.1 Å². The first kappa shape index (κ1) is 24.8. The first-order chi connectivity index (χ1) is 15.2. The first-order valence-electron chi connectivity index (χ1n) is 9.61. The zero-order chi connectivity index (χ0) is 23.6. The molecule has 0 bridgehead atoms. The van der Waals surface area contributed by atoms with Crippen LogP contribution in [0.2, 0.25) is 0 Å². The third-order valence-corrected chi connectivity index (χ3v) is 5.04. The maximum atomic E-state index is 10.5. The van der Waals surface area contributed by atoms with E-state index in [-0.39, 0.29) is 10.9 Å². The summed E-state index contributed by atoms with van der Waals surface area (Å²) in [6.45, 7) is 3.68. The van der Waals surface area contributed by atoms with Gasteiger partial charge in [-0.2, -0.15) is 19.2 Å². The van der Waals surface area contributed by atoms with Gasteiger partial charge in [0.15, 0.2) is 0 Å². The Labute approximate surface area is 187 Å². The van der Waals surface area contributed by atoms with E-state index in [1.807, 2.05) is 50.3 Å². The van der Waals surface area contributed by atoms with Gasteiger partial charge in [0.2, 0.25) is 0 Å². The second-order valence-corrected chi connectivity index (χ2v) is 8.30. The highest BCUT2D eigenvalue weighted by molar-refractivity contribution is 7.85. The van der Waals surface area contributed by atoms with Crippen molar-refractivity contribution in [1.82, 2.24) is 5.48 Å². The molecule has 0 aromatic heterocycles. The van der Waals surface area contributed by atoms with Crippen LogP contribution in [0, 0.1) is 18.3 Å². The van der Waals surface area contributed by atoms with E-state index >= 15 is 0 Å². The highest BCUT2D eigenvalue weighted by Gasteiger charge is 2.06. The number of hydrogen-bond acceptors (Lipinski definition) is 6. The fraction of sp³-hybridized carbons (Fsp3) is 0.125. The predicted octanol–water partition coefficient (Wildman–Crippen LogP) is 4.97. The summed E-state index contributed by atoms with van der Waals surface area (Å²) in [5.41, 5.74) is 4.69. The second kappa shape index (κ2) is 11.8. The Hall–Kier alpha value is -3.48. The lowest BCUT2D eigenvalue weighted by Crippen LogP contribution is -2.18. The van der Waals surface area contributed by atoms with Crippen molar-refractivity contribution < 1.29 is 22.9 Å². The Kier molecular flexibility index (Phi) is 9.13. The van der Waals surface area contributed by atoms with Gasteiger partial charge in [0.1, 0.15) is 11.5 Å². The number of benzene rings is 3. The summed E-state index contributed by atoms with van der Waals surface area (Å²) < 4.78 is 35.3. The van der Waals surface area contributed by atoms with E-state index in [4.69, 9.17) is 19.8 Å². The molecule has 0 spiro atoms. The highest BCUT2D eigenvalue weighted by atomic mass is 32.2. The van der Waals surface area contributed by atoms with E-state index in [0.717, 1.165) is 11.1 Å². The van der Waals surface area contributed by atoms with Gasteiger partial charge in [-0.15, -0.1) is 0 Å². The van der Waals surface area contributed by atoms with E-state index in [1.54, 1.807) is 36.4 Å². The number of aryl methyl sites for hydroxylation is 1. The van der Waals surface area contributed by atoms with Crippen LogP contribution in [0.15, 0.2) is 83.8 Å². The summed E-state index contributed by atoms with van der Waals surface area (Å²) in [6.07, 6.45) is 3.75. The molecule has 166 valence electrons. The van der Waals surface area contributed by atoms with Gasteiger partial charge in [-0.1, -0.05) is 42.0 Å². The maximum Gasteiger partial charge on any atom is 0.294 e. The van der Waals surface area contributed by atoms with Crippen LogP contribution in [-0.2, 0) is 10.1 Å². The van der Waals surface area contributed by atoms with E-state index in [1.165, 1.54) is 12.1 Å². The van der Waals surface area contributed by atoms with E-state index < -0.39 is 10.1 Å². The van der Waals surface area contributed by atoms with Crippen LogP contribution < -0.4 is 10.2 Å². The van der Waals surface area contributed by atoms with Crippen LogP contribution in [-0.4, -0.2) is 24.2 Å². The van der Waals surface area contributed by atoms with Gasteiger partial charge >= 0.3 is 0 Å². The van der Waals surface area contributed by atoms with Gasteiger partial charge in [-0.25, -0.2) is 0 Å². The summed E-state index contributed by atoms with van der Waals surface area (Å²) >= 11 is 0. The van der Waals surface area contributed by atoms with Gasteiger partial charge < -0.3 is 9.94 Å². The third-order valence-electron chi connectivity index (χ3n) is 4.18. The monoisotopic (exact) mass is 452 g/mol. The second-order valence-electron chi connectivity index (χ2n) is 6.88. The molecule has 0 saturated carbocycles. The van der Waals surface area contributed by atoms with Crippen molar-refractivity contribution in [2.45, 2.75) is 24.8 Å². The summed E-state index contributed by atoms with van der Waals surface area (Å²) in [7, 11) is -4.02. The number of ether oxygens (including phenoxy) is 1. The summed E-state index contributed by atoms with van der Waals surface area (Å²) in [5, 5.41) is 17.5. The summed E-state index contributed by atoms with van der Waals surface area (Å²) in [4.78, 5) is -0.0666. The lowest BCUT2D eigenvalue weighted by molar-refractivity contribution is 0.150. The zero-order valence-corrected chi connectivity index (χ0v) is 18.5. The molecule has 7 nitrogen and oxygen atoms in total. The molecule has 0 heterocycles. The lowest BCUT2D eigenvalue weighted by Gasteiger charge is -2.07. The number of nitrogens with one attached hydrogen (secondary N) is 1. The molecule has 0 aliphatic heterocycles. The van der Waals surface area contributed by atoms with Crippen molar-refractivity contribution in [3.63, 3.8) is 0 Å². The molecule has 1 atom stereocenters. The van der Waals surface area contributed by atoms with Crippen LogP contribution >= 0.6 is 0 Å². The Morgan fingerprint density at radius 2 is 1.69 bits per heavy atom. The fourth-order valence-corrected chi connectivity index (χ4v) is 2.90. The molecule has 3 rings (SSSR count). The molecule has 0 aliphatic carbocycles. The molecule has 8 heteroatoms. The van der Waals surface area contributed by atoms with Crippen molar-refractivity contribution >= 4 is 16.2 Å². The van der Waals surface area contributed by atoms with E-state index in [9.17, 15) is 8.42 Å². The number of nitriles is 1. The molecule has 0 saturated heterocycles. The molecule has 0 radical (unpaired) electrons. The minimum atomic E-state index is -4.02. The number of nitrogens with zero attached hydrogens (tertiary/aromatic N) is 1. The molecular weight excluding hydrogens is 428 g/mol. The lowest BCUT2D eigenvalue weighted by atomic mass is 10.1. The standard InChI is InChI=1S/C17H16N2O2.C7H8O3S/c1-13(19-20)5-6-14-3-2-4-17(11-14)21-16-9-7-15(12-18)8-10-16;1-6-2-4-7(5-3-6)11(8,9)10/h2-11,13,19-20H,1H3;2-5H,1H3,(H,8,9,10)/b6-5+;/t13-;/m0./s1. The Balaban J connectivity index is 0.000000278. The van der Waals surface area contributed by atoms with Crippen molar-refractivity contribution in [2.75, 3.05) is 0 Å². The molecule has 0 fully saturated rings. The van der Waals surface area contributed by atoms with Crippen molar-refractivity contribution in [3.05, 3.63) is 95.6 Å². The van der Waals surface area contributed by atoms with Gasteiger partial charge in [0, 0.05) is 6.04 Å². The van der Waals surface area contributed by atoms with E-state index in [2.05, 4.69) is 11.5 Å². The quantitative estimate of drug-likeness (QED) is 0.357. The molecule has 3 aromatic rings. The van der Waals surface area contributed by atoms with Crippen LogP contribution in [0.25, 0.3) is 6.08 Å². The van der Waals surface area contributed by atoms with Crippen LogP contribution in [0.4, 0.5) is 0 Å². The Morgan fingerprint density at radius 3 is 2.25 bits per heavy atom. The minimum absolute atomic E-state index is 0.0666. The van der Waals surface area contributed by atoms with Crippen molar-refractivity contribution in [3.8, 4) is 17.6 Å². The third kappa shape index (κ3) is 8.34. The van der Waals surface area contributed by atoms with Crippen LogP contribution in [0.3, 0.4) is 0 Å². The first-order valence-corrected chi connectivity index (χ1v) is 11.1. The summed E-state index contributed by atoms with van der Waals surface area (Å²) in [6, 6.07) is 22.5. The largest absolute Gasteiger partial charge is 0.457 e. The average molecular weight is 453 g/mol. The number of hydrogen-bond donors (Lipinski definition) is 3. The maximum absolute atomic E-state index is 10.5. The van der Waals surface area contributed by atoms with Crippen molar-refractivity contribution in [2.24, 2.45) is 0 Å². The normalized spacial score (nSPS) is 11.8. The smallest absolute Gasteiger partial charge is 0.294 e. The van der Waals surface area contributed by atoms with Gasteiger partial charge in [-0.3, -0.25) is 4.55 Å². The predicted molar refractivity (Wildman–Crippen MR) is 122 cm³/mol. The molecule has 0 unspecified atom stereocenters. The van der Waals surface area contributed by atoms with Gasteiger partial charge in [-0.05, 0) is 67.9 Å². The SMILES string of the molecule is C[C@@H](/C=C/c1cccc(Oc2ccc(C#N)cc2)c1)NO.Cc1ccc(S(=O)(=O)O)cc1. The number of hydroxylamine groups is 1. The highest BCUT2D eigenvalue weighted by Crippen LogP contribution is 2.23. The van der Waals surface area contributed by atoms with Crippen molar-refractivity contribution in [1.29, 1.82) is 5.26 Å². The Bertz CT molecular complexity index is 1180. The zero-order valence-electron chi connectivity index (χ0n) is 17.6. The van der Waals surface area contributed by atoms with E-state index in [0.29, 0.717) is 17.1 Å². The molecule has 0 amide bonds. The average Bonchev–Trinajstić information content (AvgIpc) is 2.78. The van der Waals surface area contributed by atoms with Crippen LogP contribution in [0.5, 0.6) is 11.5 Å². The Morgan fingerprint density at radius 1 is 1.03 bits per heavy atom. The summed E-state index contributed by atoms with van der Waals surface area (Å²) in [5.74, 6) is 1.40. The fourth-order valence-electron chi connectivity index (χ4n) is 2.42. The minimum Gasteiger partial charge on any atom is -0.457 e. The molecule has 32 heavy (non-hydrogen) atoms. The molecule has 3 aromatic carbocycles. The molecular formula is C24H24N2O5S. The molecule has 0 aliphatic rings.